The third-order valence-electron chi connectivity index (χ3n) is 8.28. The van der Waals surface area contributed by atoms with E-state index in [0.29, 0.717) is 44.9 Å². The van der Waals surface area contributed by atoms with E-state index in [-0.39, 0.29) is 34.6 Å². The van der Waals surface area contributed by atoms with Crippen molar-refractivity contribution in [2.75, 3.05) is 26.8 Å². The van der Waals surface area contributed by atoms with Gasteiger partial charge in [0.05, 0.1) is 10.6 Å². The van der Waals surface area contributed by atoms with Gasteiger partial charge in [-0.15, -0.1) is 0 Å². The summed E-state index contributed by atoms with van der Waals surface area (Å²) in [7, 11) is 1.64. The van der Waals surface area contributed by atoms with Crippen molar-refractivity contribution in [3.05, 3.63) is 34.6 Å². The van der Waals surface area contributed by atoms with Gasteiger partial charge >= 0.3 is 6.03 Å². The first kappa shape index (κ1) is 29.2. The van der Waals surface area contributed by atoms with Crippen LogP contribution in [0.25, 0.3) is 0 Å². The van der Waals surface area contributed by atoms with Crippen LogP contribution in [0.2, 0.25) is 5.02 Å². The summed E-state index contributed by atoms with van der Waals surface area (Å²) in [6, 6.07) is 4.38. The zero-order valence-corrected chi connectivity index (χ0v) is 22.7. The number of nitrogens with one attached hydrogen (secondary N) is 1. The standard InChI is InChI=1S/C28H45ClFN3O3/c1-20(25(31)18-21-10-4-3-5-11-21)32-27(34)33-16-9-12-22(19-33)28(35,15-6-7-17-36-2)23-13-8-14-24(29)26(23)30/h8,13-14,20-22,25,35H,3-7,9-12,15-19,31H2,1-2H3,(H,32,34)/t20-,22+,25-,28-/m0/s1. The van der Waals surface area contributed by atoms with Gasteiger partial charge in [-0.3, -0.25) is 0 Å². The molecule has 1 saturated heterocycles. The molecule has 0 aromatic heterocycles. The van der Waals surface area contributed by atoms with E-state index < -0.39 is 11.4 Å². The van der Waals surface area contributed by atoms with Crippen molar-refractivity contribution in [2.24, 2.45) is 17.6 Å². The number of piperidine rings is 1. The molecule has 8 heteroatoms. The minimum absolute atomic E-state index is 0.00555. The second-order valence-electron chi connectivity index (χ2n) is 10.9. The van der Waals surface area contributed by atoms with E-state index in [9.17, 15) is 9.90 Å². The number of likely N-dealkylation sites (tertiary alicyclic amines) is 1. The summed E-state index contributed by atoms with van der Waals surface area (Å²) in [5.41, 5.74) is 5.26. The number of ether oxygens (including phenoxy) is 1. The Morgan fingerprint density at radius 1 is 1.28 bits per heavy atom. The number of unbranched alkanes of at least 4 members (excludes halogenated alkanes) is 1. The molecule has 1 aliphatic carbocycles. The number of nitrogens with two attached hydrogens (primary N) is 1. The lowest BCUT2D eigenvalue weighted by Crippen LogP contribution is -2.55. The number of carbonyl (C=O) groups is 1. The number of rotatable bonds is 11. The molecule has 1 aliphatic heterocycles. The molecule has 0 unspecified atom stereocenters. The van der Waals surface area contributed by atoms with Gasteiger partial charge in [0.2, 0.25) is 0 Å². The molecule has 2 amide bonds. The summed E-state index contributed by atoms with van der Waals surface area (Å²) in [5.74, 6) is -0.246. The number of urea groups is 1. The highest BCUT2D eigenvalue weighted by Gasteiger charge is 2.43. The molecule has 1 aromatic carbocycles. The number of methoxy groups -OCH3 is 1. The van der Waals surface area contributed by atoms with E-state index in [2.05, 4.69) is 5.32 Å². The summed E-state index contributed by atoms with van der Waals surface area (Å²) in [6.07, 6.45) is 10.5. The molecule has 3 rings (SSSR count). The fourth-order valence-corrected chi connectivity index (χ4v) is 6.17. The zero-order chi connectivity index (χ0) is 26.1. The normalized spacial score (nSPS) is 22.6. The molecule has 1 saturated carbocycles. The Balaban J connectivity index is 1.67. The Labute approximate surface area is 221 Å². The molecule has 6 nitrogen and oxygen atoms in total. The maximum absolute atomic E-state index is 15.1. The van der Waals surface area contributed by atoms with Crippen LogP contribution in [0.1, 0.15) is 83.1 Å². The lowest BCUT2D eigenvalue weighted by molar-refractivity contribution is -0.0587. The van der Waals surface area contributed by atoms with Crippen molar-refractivity contribution in [3.63, 3.8) is 0 Å². The van der Waals surface area contributed by atoms with E-state index in [1.165, 1.54) is 38.2 Å². The number of benzene rings is 1. The van der Waals surface area contributed by atoms with Crippen LogP contribution in [0, 0.1) is 17.7 Å². The molecule has 2 fully saturated rings. The van der Waals surface area contributed by atoms with Gasteiger partial charge in [-0.2, -0.15) is 0 Å². The van der Waals surface area contributed by atoms with Crippen molar-refractivity contribution >= 4 is 17.6 Å². The van der Waals surface area contributed by atoms with Gasteiger partial charge in [-0.05, 0) is 57.4 Å². The summed E-state index contributed by atoms with van der Waals surface area (Å²) in [6.45, 7) is 3.50. The zero-order valence-electron chi connectivity index (χ0n) is 22.0. The molecule has 0 spiro atoms. The van der Waals surface area contributed by atoms with Gasteiger partial charge in [0, 0.05) is 50.4 Å². The second-order valence-corrected chi connectivity index (χ2v) is 11.3. The molecular weight excluding hydrogens is 481 g/mol. The first-order valence-corrected chi connectivity index (χ1v) is 14.1. The van der Waals surface area contributed by atoms with Crippen LogP contribution in [-0.4, -0.2) is 54.9 Å². The van der Waals surface area contributed by atoms with Crippen molar-refractivity contribution in [1.29, 1.82) is 0 Å². The average Bonchev–Trinajstić information content (AvgIpc) is 2.88. The Morgan fingerprint density at radius 3 is 2.75 bits per heavy atom. The van der Waals surface area contributed by atoms with Gasteiger partial charge in [0.15, 0.2) is 0 Å². The highest BCUT2D eigenvalue weighted by atomic mass is 35.5. The smallest absolute Gasteiger partial charge is 0.317 e. The quantitative estimate of drug-likeness (QED) is 0.328. The molecule has 0 bridgehead atoms. The lowest BCUT2D eigenvalue weighted by Gasteiger charge is -2.43. The van der Waals surface area contributed by atoms with Crippen LogP contribution < -0.4 is 11.1 Å². The second kappa shape index (κ2) is 13.9. The van der Waals surface area contributed by atoms with Gasteiger partial charge in [0.1, 0.15) is 5.82 Å². The number of carbonyl (C=O) groups excluding carboxylic acids is 1. The highest BCUT2D eigenvalue weighted by Crippen LogP contribution is 2.42. The summed E-state index contributed by atoms with van der Waals surface area (Å²) in [5, 5.41) is 15.0. The third-order valence-corrected chi connectivity index (χ3v) is 8.57. The lowest BCUT2D eigenvalue weighted by atomic mass is 9.74. The molecule has 1 aromatic rings. The Morgan fingerprint density at radius 2 is 2.03 bits per heavy atom. The number of halogens is 2. The van der Waals surface area contributed by atoms with Gasteiger partial charge in [-0.1, -0.05) is 55.8 Å². The largest absolute Gasteiger partial charge is 0.385 e. The van der Waals surface area contributed by atoms with Crippen LogP contribution in [0.4, 0.5) is 9.18 Å². The average molecular weight is 526 g/mol. The Kier molecular flexibility index (Phi) is 11.3. The third kappa shape index (κ3) is 7.56. The van der Waals surface area contributed by atoms with Crippen molar-refractivity contribution < 1.29 is 19.0 Å². The topological polar surface area (TPSA) is 87.8 Å². The van der Waals surface area contributed by atoms with Gasteiger partial charge in [0.25, 0.3) is 0 Å². The Hall–Kier alpha value is -1.41. The van der Waals surface area contributed by atoms with Crippen molar-refractivity contribution in [1.82, 2.24) is 10.2 Å². The molecule has 36 heavy (non-hydrogen) atoms. The summed E-state index contributed by atoms with van der Waals surface area (Å²) in [4.78, 5) is 15.0. The fraction of sp³-hybridized carbons (Fsp3) is 0.750. The van der Waals surface area contributed by atoms with Crippen LogP contribution in [0.3, 0.4) is 0 Å². The SMILES string of the molecule is COCCCC[C@@](O)(c1cccc(Cl)c1F)[C@@H]1CCCN(C(=O)N[C@@H](C)[C@@H](N)CC2CCCCC2)C1. The van der Waals surface area contributed by atoms with Crippen molar-refractivity contribution in [3.8, 4) is 0 Å². The first-order chi connectivity index (χ1) is 17.3. The summed E-state index contributed by atoms with van der Waals surface area (Å²) >= 11 is 6.09. The van der Waals surface area contributed by atoms with Crippen LogP contribution >= 0.6 is 11.6 Å². The summed E-state index contributed by atoms with van der Waals surface area (Å²) < 4.78 is 20.3. The van der Waals surface area contributed by atoms with E-state index in [1.54, 1.807) is 24.1 Å². The van der Waals surface area contributed by atoms with Gasteiger partial charge in [-0.25, -0.2) is 9.18 Å². The number of nitrogens with zero attached hydrogens (tertiary/aromatic N) is 1. The van der Waals surface area contributed by atoms with E-state index in [4.69, 9.17) is 22.1 Å². The van der Waals surface area contributed by atoms with Gasteiger partial charge < -0.3 is 25.8 Å². The predicted octanol–water partition coefficient (Wildman–Crippen LogP) is 5.59. The molecule has 4 N–H and O–H groups in total. The molecule has 4 atom stereocenters. The molecule has 2 aliphatic rings. The van der Waals surface area contributed by atoms with Crippen LogP contribution in [0.15, 0.2) is 18.2 Å². The maximum atomic E-state index is 15.1. The highest BCUT2D eigenvalue weighted by molar-refractivity contribution is 6.30. The van der Waals surface area contributed by atoms with E-state index >= 15 is 4.39 Å². The van der Waals surface area contributed by atoms with Crippen LogP contribution in [0.5, 0.6) is 0 Å². The molecule has 1 heterocycles. The molecule has 0 radical (unpaired) electrons. The first-order valence-electron chi connectivity index (χ1n) is 13.7. The number of hydrogen-bond donors (Lipinski definition) is 3. The number of aliphatic hydroxyl groups is 1. The fourth-order valence-electron chi connectivity index (χ4n) is 5.99. The minimum atomic E-state index is -1.43. The Bertz CT molecular complexity index is 838. The number of amides is 2. The number of hydrogen-bond acceptors (Lipinski definition) is 4. The van der Waals surface area contributed by atoms with Crippen LogP contribution in [-0.2, 0) is 10.3 Å². The molecule has 204 valence electrons. The molecular formula is C28H45ClFN3O3. The van der Waals surface area contributed by atoms with E-state index in [0.717, 1.165) is 19.3 Å². The predicted molar refractivity (Wildman–Crippen MR) is 142 cm³/mol. The van der Waals surface area contributed by atoms with Crippen molar-refractivity contribution in [2.45, 2.75) is 95.2 Å². The maximum Gasteiger partial charge on any atom is 0.317 e. The minimum Gasteiger partial charge on any atom is -0.385 e. The monoisotopic (exact) mass is 525 g/mol. The van der Waals surface area contributed by atoms with E-state index in [1.807, 2.05) is 6.92 Å².